The second kappa shape index (κ2) is 12.0. The van der Waals surface area contributed by atoms with Crippen LogP contribution in [0.25, 0.3) is 0 Å². The molecule has 0 radical (unpaired) electrons. The fraction of sp³-hybridized carbons (Fsp3) is 0.250. The van der Waals surface area contributed by atoms with E-state index in [2.05, 4.69) is 39.4 Å². The van der Waals surface area contributed by atoms with E-state index in [4.69, 9.17) is 0 Å². The SMILES string of the molecule is CCc1ccc(S(=O)(=O)NC2CCc3ccc(Nc4ncccc4C(=O)NCC(C)c4ccccc4)cc32)cc1. The molecule has 1 amide bonds. The lowest BCUT2D eigenvalue weighted by molar-refractivity contribution is 0.0952. The first kappa shape index (κ1) is 27.6. The summed E-state index contributed by atoms with van der Waals surface area (Å²) in [6.07, 6.45) is 3.96. The van der Waals surface area contributed by atoms with E-state index in [-0.39, 0.29) is 22.8 Å². The van der Waals surface area contributed by atoms with Gasteiger partial charge in [-0.15, -0.1) is 0 Å². The minimum absolute atomic E-state index is 0.167. The number of hydrogen-bond acceptors (Lipinski definition) is 5. The number of rotatable bonds is 10. The molecule has 2 atom stereocenters. The van der Waals surface area contributed by atoms with Gasteiger partial charge in [0.1, 0.15) is 5.82 Å². The predicted octanol–water partition coefficient (Wildman–Crippen LogP) is 5.89. The Morgan fingerprint density at radius 3 is 2.52 bits per heavy atom. The molecule has 40 heavy (non-hydrogen) atoms. The van der Waals surface area contributed by atoms with E-state index < -0.39 is 10.0 Å². The van der Waals surface area contributed by atoms with Crippen LogP contribution in [0, 0.1) is 0 Å². The largest absolute Gasteiger partial charge is 0.351 e. The molecule has 3 N–H and O–H groups in total. The fourth-order valence-corrected chi connectivity index (χ4v) is 6.28. The highest BCUT2D eigenvalue weighted by molar-refractivity contribution is 7.89. The summed E-state index contributed by atoms with van der Waals surface area (Å²) >= 11 is 0. The molecule has 7 nitrogen and oxygen atoms in total. The lowest BCUT2D eigenvalue weighted by atomic mass is 10.0. The average Bonchev–Trinajstić information content (AvgIpc) is 3.37. The highest BCUT2D eigenvalue weighted by atomic mass is 32.2. The van der Waals surface area contributed by atoms with Crippen LogP contribution in [0.3, 0.4) is 0 Å². The van der Waals surface area contributed by atoms with Gasteiger partial charge in [0.25, 0.3) is 5.91 Å². The van der Waals surface area contributed by atoms with Crippen molar-refractivity contribution in [2.24, 2.45) is 0 Å². The van der Waals surface area contributed by atoms with Crippen molar-refractivity contribution in [2.75, 3.05) is 11.9 Å². The normalized spacial score (nSPS) is 15.3. The number of aryl methyl sites for hydroxylation is 2. The second-order valence-corrected chi connectivity index (χ2v) is 11.9. The highest BCUT2D eigenvalue weighted by Gasteiger charge is 2.28. The second-order valence-electron chi connectivity index (χ2n) is 10.2. The Kier molecular flexibility index (Phi) is 8.28. The van der Waals surface area contributed by atoms with Crippen LogP contribution in [-0.2, 0) is 22.9 Å². The third-order valence-electron chi connectivity index (χ3n) is 7.42. The molecule has 0 aliphatic heterocycles. The summed E-state index contributed by atoms with van der Waals surface area (Å²) in [5.74, 6) is 0.401. The predicted molar refractivity (Wildman–Crippen MR) is 158 cm³/mol. The Morgan fingerprint density at radius 2 is 1.77 bits per heavy atom. The van der Waals surface area contributed by atoms with Gasteiger partial charge < -0.3 is 10.6 Å². The van der Waals surface area contributed by atoms with Gasteiger partial charge in [-0.25, -0.2) is 18.1 Å². The molecule has 0 fully saturated rings. The molecule has 206 valence electrons. The Bertz CT molecular complexity index is 1590. The Balaban J connectivity index is 1.29. The van der Waals surface area contributed by atoms with Gasteiger partial charge in [-0.1, -0.05) is 62.4 Å². The number of sulfonamides is 1. The van der Waals surface area contributed by atoms with Gasteiger partial charge in [-0.2, -0.15) is 0 Å². The van der Waals surface area contributed by atoms with Crippen molar-refractivity contribution < 1.29 is 13.2 Å². The maximum absolute atomic E-state index is 13.1. The van der Waals surface area contributed by atoms with Crippen LogP contribution in [0.4, 0.5) is 11.5 Å². The van der Waals surface area contributed by atoms with E-state index in [1.165, 1.54) is 0 Å². The van der Waals surface area contributed by atoms with Crippen molar-refractivity contribution in [2.45, 2.75) is 50.0 Å². The number of amides is 1. The quantitative estimate of drug-likeness (QED) is 0.227. The van der Waals surface area contributed by atoms with Gasteiger partial charge in [0.05, 0.1) is 10.5 Å². The number of nitrogens with one attached hydrogen (secondary N) is 3. The third kappa shape index (κ3) is 6.24. The zero-order valence-corrected chi connectivity index (χ0v) is 23.5. The van der Waals surface area contributed by atoms with Crippen LogP contribution in [0.15, 0.2) is 96.0 Å². The molecular formula is C32H34N4O3S. The van der Waals surface area contributed by atoms with Crippen LogP contribution < -0.4 is 15.4 Å². The van der Waals surface area contributed by atoms with Gasteiger partial charge in [0.15, 0.2) is 0 Å². The van der Waals surface area contributed by atoms with Gasteiger partial charge >= 0.3 is 0 Å². The number of carbonyl (C=O) groups is 1. The molecule has 3 aromatic carbocycles. The number of hydrogen-bond donors (Lipinski definition) is 3. The summed E-state index contributed by atoms with van der Waals surface area (Å²) in [6, 6.07) is 26.1. The molecule has 0 saturated heterocycles. The molecule has 2 unspecified atom stereocenters. The molecule has 0 bridgehead atoms. The smallest absolute Gasteiger partial charge is 0.255 e. The number of fused-ring (bicyclic) bond motifs is 1. The lowest BCUT2D eigenvalue weighted by Crippen LogP contribution is -2.28. The molecule has 0 spiro atoms. The minimum atomic E-state index is -3.67. The summed E-state index contributed by atoms with van der Waals surface area (Å²) in [4.78, 5) is 17.8. The monoisotopic (exact) mass is 554 g/mol. The van der Waals surface area contributed by atoms with Crippen molar-refractivity contribution in [3.05, 3.63) is 119 Å². The summed E-state index contributed by atoms with van der Waals surface area (Å²) in [6.45, 7) is 4.61. The van der Waals surface area contributed by atoms with Crippen LogP contribution in [-0.4, -0.2) is 25.9 Å². The summed E-state index contributed by atoms with van der Waals surface area (Å²) in [5.41, 5.74) is 5.47. The fourth-order valence-electron chi connectivity index (χ4n) is 5.03. The zero-order valence-electron chi connectivity index (χ0n) is 22.7. The van der Waals surface area contributed by atoms with Gasteiger partial charge in [-0.3, -0.25) is 4.79 Å². The van der Waals surface area contributed by atoms with Crippen LogP contribution >= 0.6 is 0 Å². The van der Waals surface area contributed by atoms with E-state index in [1.54, 1.807) is 30.5 Å². The number of nitrogens with zero attached hydrogens (tertiary/aromatic N) is 1. The van der Waals surface area contributed by atoms with Crippen molar-refractivity contribution in [3.63, 3.8) is 0 Å². The topological polar surface area (TPSA) is 100 Å². The van der Waals surface area contributed by atoms with Crippen molar-refractivity contribution in [3.8, 4) is 0 Å². The van der Waals surface area contributed by atoms with E-state index in [9.17, 15) is 13.2 Å². The zero-order chi connectivity index (χ0) is 28.1. The number of carbonyl (C=O) groups excluding carboxylic acids is 1. The van der Waals surface area contributed by atoms with E-state index in [0.29, 0.717) is 24.3 Å². The molecule has 1 aliphatic rings. The lowest BCUT2D eigenvalue weighted by Gasteiger charge is -2.17. The average molecular weight is 555 g/mol. The van der Waals surface area contributed by atoms with Crippen LogP contribution in [0.2, 0.25) is 0 Å². The molecule has 8 heteroatoms. The van der Waals surface area contributed by atoms with Crippen molar-refractivity contribution in [1.82, 2.24) is 15.0 Å². The van der Waals surface area contributed by atoms with Crippen molar-refractivity contribution >= 4 is 27.4 Å². The minimum Gasteiger partial charge on any atom is -0.351 e. The first-order valence-electron chi connectivity index (χ1n) is 13.6. The Hall–Kier alpha value is -4.01. The first-order valence-corrected chi connectivity index (χ1v) is 15.1. The van der Waals surface area contributed by atoms with Crippen molar-refractivity contribution in [1.29, 1.82) is 0 Å². The number of anilines is 2. The molecule has 4 aromatic rings. The van der Waals surface area contributed by atoms with Gasteiger partial charge in [-0.05, 0) is 83.8 Å². The Morgan fingerprint density at radius 1 is 1.00 bits per heavy atom. The van der Waals surface area contributed by atoms with Gasteiger partial charge in [0, 0.05) is 24.5 Å². The third-order valence-corrected chi connectivity index (χ3v) is 8.90. The number of benzene rings is 3. The standard InChI is InChI=1S/C32H34N4O3S/c1-3-23-11-16-27(17-12-23)40(38,39)36-30-18-14-25-13-15-26(20-29(25)30)35-31-28(10-7-19-33-31)32(37)34-21-22(2)24-8-5-4-6-9-24/h4-13,15-17,19-20,22,30,36H,3,14,18,21H2,1-2H3,(H,33,35)(H,34,37). The molecule has 1 aromatic heterocycles. The maximum Gasteiger partial charge on any atom is 0.255 e. The van der Waals surface area contributed by atoms with E-state index in [1.807, 2.05) is 55.5 Å². The van der Waals surface area contributed by atoms with E-state index >= 15 is 0 Å². The first-order chi connectivity index (χ1) is 19.3. The molecule has 5 rings (SSSR count). The summed E-state index contributed by atoms with van der Waals surface area (Å²) in [5, 5.41) is 6.31. The maximum atomic E-state index is 13.1. The molecule has 1 heterocycles. The summed E-state index contributed by atoms with van der Waals surface area (Å²) < 4.78 is 29.1. The highest BCUT2D eigenvalue weighted by Crippen LogP contribution is 2.35. The molecular weight excluding hydrogens is 520 g/mol. The van der Waals surface area contributed by atoms with E-state index in [0.717, 1.165) is 40.8 Å². The number of aromatic nitrogens is 1. The van der Waals surface area contributed by atoms with Crippen LogP contribution in [0.1, 0.15) is 64.8 Å². The van der Waals surface area contributed by atoms with Gasteiger partial charge in [0.2, 0.25) is 10.0 Å². The summed E-state index contributed by atoms with van der Waals surface area (Å²) in [7, 11) is -3.67. The Labute approximate surface area is 236 Å². The molecule has 0 saturated carbocycles. The number of pyridine rings is 1. The molecule has 1 aliphatic carbocycles. The van der Waals surface area contributed by atoms with Crippen LogP contribution in [0.5, 0.6) is 0 Å².